The van der Waals surface area contributed by atoms with E-state index in [-0.39, 0.29) is 32.2 Å². The average Bonchev–Trinajstić information content (AvgIpc) is 3.58. The summed E-state index contributed by atoms with van der Waals surface area (Å²) in [5, 5.41) is 11.6. The Kier molecular flexibility index (Phi) is 10.4. The summed E-state index contributed by atoms with van der Waals surface area (Å²) < 4.78 is 11.4. The number of pyridine rings is 1. The molecule has 0 aliphatic heterocycles. The maximum absolute atomic E-state index is 11.6. The van der Waals surface area contributed by atoms with E-state index in [1.807, 2.05) is 76.4 Å². The summed E-state index contributed by atoms with van der Waals surface area (Å²) in [4.78, 5) is 10.3. The van der Waals surface area contributed by atoms with E-state index in [4.69, 9.17) is 9.97 Å². The summed E-state index contributed by atoms with van der Waals surface area (Å²) >= 11 is 0. The molecule has 0 bridgehead atoms. The molecular weight excluding hydrogens is 866 g/mol. The maximum atomic E-state index is 11.6. The predicted molar refractivity (Wildman–Crippen MR) is 229 cm³/mol. The molecule has 6 aromatic carbocycles. The number of para-hydroxylation sites is 1. The number of phenolic OH excluding ortho intramolecular Hbond substituents is 1. The molecule has 0 atom stereocenters. The number of aryl methyl sites for hydroxylation is 2. The van der Waals surface area contributed by atoms with Gasteiger partial charge >= 0.3 is 0 Å². The Morgan fingerprint density at radius 2 is 1.39 bits per heavy atom. The Labute approximate surface area is 346 Å². The molecule has 4 nitrogen and oxygen atoms in total. The zero-order valence-corrected chi connectivity index (χ0v) is 35.2. The van der Waals surface area contributed by atoms with Crippen molar-refractivity contribution in [3.05, 3.63) is 168 Å². The number of phenols is 1. The van der Waals surface area contributed by atoms with Crippen LogP contribution < -0.4 is 0 Å². The Morgan fingerprint density at radius 1 is 0.696 bits per heavy atom. The van der Waals surface area contributed by atoms with Crippen molar-refractivity contribution in [1.29, 1.82) is 0 Å². The monoisotopic (exact) mass is 912 g/mol. The third kappa shape index (κ3) is 7.39. The summed E-state index contributed by atoms with van der Waals surface area (Å²) in [5.74, 6) is -0.0683. The third-order valence-electron chi connectivity index (χ3n) is 10.4. The molecule has 0 radical (unpaired) electrons. The maximum Gasteiger partial charge on any atom is 0.148 e. The summed E-state index contributed by atoms with van der Waals surface area (Å²) in [7, 11) is 0. The second-order valence-electron chi connectivity index (χ2n) is 15.8. The topological polar surface area (TPSA) is 50.9 Å². The molecule has 0 aliphatic carbocycles. The van der Waals surface area contributed by atoms with Crippen molar-refractivity contribution in [2.24, 2.45) is 0 Å². The molecule has 0 amide bonds. The van der Waals surface area contributed by atoms with Gasteiger partial charge in [0.05, 0.1) is 16.6 Å². The molecule has 8 aromatic rings. The Bertz CT molecular complexity index is 2740. The van der Waals surface area contributed by atoms with Gasteiger partial charge in [0, 0.05) is 40.0 Å². The first-order valence-electron chi connectivity index (χ1n) is 19.4. The number of hydrogen-bond donors (Lipinski definition) is 1. The van der Waals surface area contributed by atoms with Gasteiger partial charge < -0.3 is 5.11 Å². The van der Waals surface area contributed by atoms with Gasteiger partial charge in [0.1, 0.15) is 11.6 Å². The predicted octanol–water partition coefficient (Wildman–Crippen LogP) is 13.3. The van der Waals surface area contributed by atoms with Crippen LogP contribution in [0, 0.1) is 19.9 Å². The number of aromatic hydroxyl groups is 1. The molecule has 282 valence electrons. The van der Waals surface area contributed by atoms with Crippen LogP contribution in [0.15, 0.2) is 140 Å². The molecule has 56 heavy (non-hydrogen) atoms. The van der Waals surface area contributed by atoms with Crippen LogP contribution in [-0.4, -0.2) is 19.6 Å². The number of hydrogen-bond acceptors (Lipinski definition) is 3. The second-order valence-corrected chi connectivity index (χ2v) is 15.8. The van der Waals surface area contributed by atoms with Gasteiger partial charge in [-0.1, -0.05) is 137 Å². The minimum absolute atomic E-state index is 0. The van der Waals surface area contributed by atoms with Gasteiger partial charge in [0.25, 0.3) is 0 Å². The first-order valence-corrected chi connectivity index (χ1v) is 18.9. The van der Waals surface area contributed by atoms with E-state index in [1.165, 1.54) is 0 Å². The average molecular weight is 913 g/mol. The number of aromatic nitrogens is 3. The van der Waals surface area contributed by atoms with Crippen molar-refractivity contribution in [2.75, 3.05) is 0 Å². The standard InChI is InChI=1S/C51H46N3O.Pt/c1-32(2)44-31-41(21-22-42(44)36-17-12-9-13-18-36)54-47-20-14-19-43(48(47)53-50(54)45-26-33(3)25-34(4)49(45)55)38-27-39(29-40(28-38)51(5,6)7)46-30-37(23-24-52-46)35-15-10-8-11-16-35;/h8-26,28-32,55H,1-7H3;/q-1;/i32D;. The van der Waals surface area contributed by atoms with Gasteiger partial charge in [-0.3, -0.25) is 9.55 Å². The van der Waals surface area contributed by atoms with Gasteiger partial charge in [0.2, 0.25) is 0 Å². The van der Waals surface area contributed by atoms with Gasteiger partial charge in [0.15, 0.2) is 0 Å². The smallest absolute Gasteiger partial charge is 0.148 e. The van der Waals surface area contributed by atoms with Crippen molar-refractivity contribution in [3.63, 3.8) is 0 Å². The number of fused-ring (bicyclic) bond motifs is 1. The molecule has 2 heterocycles. The minimum atomic E-state index is -0.893. The number of benzene rings is 6. The zero-order chi connectivity index (χ0) is 39.4. The first kappa shape index (κ1) is 37.4. The summed E-state index contributed by atoms with van der Waals surface area (Å²) in [6.07, 6.45) is 1.87. The van der Waals surface area contributed by atoms with Gasteiger partial charge in [-0.2, -0.15) is 0 Å². The molecule has 1 N–H and O–H groups in total. The number of nitrogens with zero attached hydrogens (tertiary/aromatic N) is 3. The molecule has 0 saturated heterocycles. The van der Waals surface area contributed by atoms with Crippen molar-refractivity contribution in [2.45, 2.75) is 59.8 Å². The van der Waals surface area contributed by atoms with E-state index < -0.39 is 5.89 Å². The molecule has 0 spiro atoms. The van der Waals surface area contributed by atoms with Crippen LogP contribution in [0.1, 0.15) is 64.1 Å². The molecule has 2 aromatic heterocycles. The van der Waals surface area contributed by atoms with Crippen molar-refractivity contribution < 1.29 is 27.5 Å². The normalized spacial score (nSPS) is 12.0. The minimum Gasteiger partial charge on any atom is -0.507 e. The van der Waals surface area contributed by atoms with Crippen molar-refractivity contribution in [3.8, 4) is 67.5 Å². The molecule has 0 saturated carbocycles. The van der Waals surface area contributed by atoms with Crippen LogP contribution in [0.5, 0.6) is 5.75 Å². The Morgan fingerprint density at radius 3 is 2.09 bits per heavy atom. The van der Waals surface area contributed by atoms with Crippen LogP contribution in [0.3, 0.4) is 0 Å². The van der Waals surface area contributed by atoms with E-state index in [0.717, 1.165) is 83.6 Å². The van der Waals surface area contributed by atoms with Crippen LogP contribution in [0.25, 0.3) is 72.7 Å². The number of rotatable bonds is 7. The van der Waals surface area contributed by atoms with E-state index >= 15 is 0 Å². The fourth-order valence-electron chi connectivity index (χ4n) is 7.52. The molecule has 0 unspecified atom stereocenters. The zero-order valence-electron chi connectivity index (χ0n) is 33.9. The van der Waals surface area contributed by atoms with Gasteiger partial charge in [-0.15, -0.1) is 29.3 Å². The Hall–Kier alpha value is -5.57. The molecule has 8 rings (SSSR count). The van der Waals surface area contributed by atoms with Crippen LogP contribution in [0.4, 0.5) is 0 Å². The SMILES string of the molecule is [2H]C(C)(C)c1cc(-n2c(-c3cc(C)cc(C)c3O)nc3c(-c4[c-]c(-c5cc(-c6ccccc6)ccn5)cc(C(C)(C)C)c4)cccc32)ccc1-c1ccccc1.[Pt]. The largest absolute Gasteiger partial charge is 0.507 e. The summed E-state index contributed by atoms with van der Waals surface area (Å²) in [5.41, 5.74) is 14.8. The van der Waals surface area contributed by atoms with E-state index in [9.17, 15) is 6.48 Å². The number of imidazole rings is 1. The van der Waals surface area contributed by atoms with Crippen LogP contribution in [-0.2, 0) is 26.5 Å². The molecular formula is C51H46N3OPt-. The molecule has 5 heteroatoms. The molecule has 0 fully saturated rings. The van der Waals surface area contributed by atoms with E-state index in [0.29, 0.717) is 11.4 Å². The fourth-order valence-corrected chi connectivity index (χ4v) is 7.52. The third-order valence-corrected chi connectivity index (χ3v) is 10.4. The van der Waals surface area contributed by atoms with Crippen molar-refractivity contribution in [1.82, 2.24) is 14.5 Å². The Balaban J connectivity index is 0.00000496. The van der Waals surface area contributed by atoms with Crippen LogP contribution >= 0.6 is 0 Å². The first-order chi connectivity index (χ1) is 26.8. The quantitative estimate of drug-likeness (QED) is 0.162. The van der Waals surface area contributed by atoms with Gasteiger partial charge in [-0.25, -0.2) is 4.98 Å². The van der Waals surface area contributed by atoms with Gasteiger partial charge in [-0.05, 0) is 94.4 Å². The van der Waals surface area contributed by atoms with E-state index in [2.05, 4.69) is 122 Å². The second kappa shape index (κ2) is 15.5. The van der Waals surface area contributed by atoms with Crippen molar-refractivity contribution >= 4 is 11.0 Å². The summed E-state index contributed by atoms with van der Waals surface area (Å²) in [6.45, 7) is 14.5. The summed E-state index contributed by atoms with van der Waals surface area (Å²) in [6, 6.07) is 49.6. The fraction of sp³-hybridized carbons (Fsp3) is 0.176. The van der Waals surface area contributed by atoms with E-state index in [1.54, 1.807) is 0 Å². The molecule has 0 aliphatic rings. The van der Waals surface area contributed by atoms with Crippen LogP contribution in [0.2, 0.25) is 0 Å².